The van der Waals surface area contributed by atoms with Crippen LogP contribution in [0.1, 0.15) is 5.56 Å². The predicted molar refractivity (Wildman–Crippen MR) is 80.9 cm³/mol. The van der Waals surface area contributed by atoms with Crippen molar-refractivity contribution in [1.29, 1.82) is 0 Å². The summed E-state index contributed by atoms with van der Waals surface area (Å²) in [6, 6.07) is 14.1. The SMILES string of the molecule is Nc1ncc(C(F)(F)F)cc1Nc1cccc2ccccc12. The third kappa shape index (κ3) is 2.67. The molecule has 3 N–H and O–H groups in total. The Hall–Kier alpha value is -2.76. The van der Waals surface area contributed by atoms with Crippen LogP contribution in [0.3, 0.4) is 0 Å². The Labute approximate surface area is 124 Å². The van der Waals surface area contributed by atoms with Crippen LogP contribution < -0.4 is 11.1 Å². The summed E-state index contributed by atoms with van der Waals surface area (Å²) in [6.07, 6.45) is -3.74. The van der Waals surface area contributed by atoms with Gasteiger partial charge in [-0.15, -0.1) is 0 Å². The molecule has 0 amide bonds. The van der Waals surface area contributed by atoms with Crippen LogP contribution in [0.15, 0.2) is 54.7 Å². The molecule has 22 heavy (non-hydrogen) atoms. The van der Waals surface area contributed by atoms with E-state index in [1.165, 1.54) is 0 Å². The van der Waals surface area contributed by atoms with Crippen molar-refractivity contribution in [3.05, 3.63) is 60.3 Å². The van der Waals surface area contributed by atoms with E-state index >= 15 is 0 Å². The minimum Gasteiger partial charge on any atom is -0.382 e. The van der Waals surface area contributed by atoms with Crippen LogP contribution in [-0.4, -0.2) is 4.98 Å². The molecular weight excluding hydrogens is 291 g/mol. The maximum Gasteiger partial charge on any atom is 0.417 e. The van der Waals surface area contributed by atoms with Crippen molar-refractivity contribution in [1.82, 2.24) is 4.98 Å². The highest BCUT2D eigenvalue weighted by atomic mass is 19.4. The number of anilines is 3. The Morgan fingerprint density at radius 2 is 1.68 bits per heavy atom. The molecule has 0 spiro atoms. The molecule has 0 aliphatic rings. The lowest BCUT2D eigenvalue weighted by Gasteiger charge is -2.13. The number of halogens is 3. The second-order valence-corrected chi connectivity index (χ2v) is 4.81. The predicted octanol–water partition coefficient (Wildman–Crippen LogP) is 4.58. The lowest BCUT2D eigenvalue weighted by Crippen LogP contribution is -2.08. The number of rotatable bonds is 2. The van der Waals surface area contributed by atoms with Crippen LogP contribution in [0.4, 0.5) is 30.4 Å². The van der Waals surface area contributed by atoms with E-state index in [0.717, 1.165) is 23.0 Å². The highest BCUT2D eigenvalue weighted by Gasteiger charge is 2.31. The van der Waals surface area contributed by atoms with Gasteiger partial charge in [0.1, 0.15) is 5.82 Å². The average Bonchev–Trinajstić information content (AvgIpc) is 2.49. The first-order valence-electron chi connectivity index (χ1n) is 6.52. The molecule has 0 bridgehead atoms. The van der Waals surface area contributed by atoms with E-state index in [2.05, 4.69) is 10.3 Å². The summed E-state index contributed by atoms with van der Waals surface area (Å²) < 4.78 is 38.3. The van der Waals surface area contributed by atoms with Gasteiger partial charge < -0.3 is 11.1 Å². The number of fused-ring (bicyclic) bond motifs is 1. The van der Waals surface area contributed by atoms with Gasteiger partial charge in [-0.1, -0.05) is 36.4 Å². The molecule has 3 rings (SSSR count). The largest absolute Gasteiger partial charge is 0.417 e. The topological polar surface area (TPSA) is 50.9 Å². The molecule has 6 heteroatoms. The zero-order valence-corrected chi connectivity index (χ0v) is 11.4. The fourth-order valence-corrected chi connectivity index (χ4v) is 2.21. The van der Waals surface area contributed by atoms with Gasteiger partial charge in [0.05, 0.1) is 11.3 Å². The highest BCUT2D eigenvalue weighted by Crippen LogP contribution is 2.34. The number of benzene rings is 2. The molecule has 0 saturated carbocycles. The lowest BCUT2D eigenvalue weighted by molar-refractivity contribution is -0.137. The molecule has 112 valence electrons. The van der Waals surface area contributed by atoms with Gasteiger partial charge in [-0.05, 0) is 17.5 Å². The van der Waals surface area contributed by atoms with E-state index < -0.39 is 11.7 Å². The monoisotopic (exact) mass is 303 g/mol. The number of hydrogen-bond donors (Lipinski definition) is 2. The molecule has 0 saturated heterocycles. The summed E-state index contributed by atoms with van der Waals surface area (Å²) in [5.74, 6) is 0.0148. The fourth-order valence-electron chi connectivity index (χ4n) is 2.21. The van der Waals surface area contributed by atoms with Crippen LogP contribution in [0, 0.1) is 0 Å². The third-order valence-corrected chi connectivity index (χ3v) is 3.30. The molecule has 3 aromatic rings. The molecule has 0 aliphatic carbocycles. The smallest absolute Gasteiger partial charge is 0.382 e. The van der Waals surface area contributed by atoms with E-state index in [0.29, 0.717) is 5.69 Å². The van der Waals surface area contributed by atoms with Crippen molar-refractivity contribution in [2.75, 3.05) is 11.1 Å². The highest BCUT2D eigenvalue weighted by molar-refractivity contribution is 5.96. The molecule has 0 fully saturated rings. The number of nitrogens with zero attached hydrogens (tertiary/aromatic N) is 1. The van der Waals surface area contributed by atoms with E-state index in [4.69, 9.17) is 5.73 Å². The molecule has 1 aromatic heterocycles. The molecule has 2 aromatic carbocycles. The standard InChI is InChI=1S/C16H12F3N3/c17-16(18,19)11-8-14(15(20)21-9-11)22-13-7-3-5-10-4-1-2-6-12(10)13/h1-9,22H,(H2,20,21). The van der Waals surface area contributed by atoms with Gasteiger partial charge >= 0.3 is 6.18 Å². The first-order valence-corrected chi connectivity index (χ1v) is 6.52. The van der Waals surface area contributed by atoms with Crippen molar-refractivity contribution in [2.45, 2.75) is 6.18 Å². The Morgan fingerprint density at radius 1 is 0.955 bits per heavy atom. The number of nitrogens with one attached hydrogen (secondary N) is 1. The number of nitrogens with two attached hydrogens (primary N) is 1. The first-order chi connectivity index (χ1) is 10.4. The van der Waals surface area contributed by atoms with E-state index in [-0.39, 0.29) is 11.5 Å². The van der Waals surface area contributed by atoms with Crippen molar-refractivity contribution in [2.24, 2.45) is 0 Å². The summed E-state index contributed by atoms with van der Waals surface area (Å²) in [5.41, 5.74) is 5.64. The minimum absolute atomic E-state index is 0.0148. The summed E-state index contributed by atoms with van der Waals surface area (Å²) >= 11 is 0. The number of nitrogen functional groups attached to an aromatic ring is 1. The first kappa shape index (κ1) is 14.2. The number of aromatic nitrogens is 1. The molecular formula is C16H12F3N3. The Morgan fingerprint density at radius 3 is 2.45 bits per heavy atom. The van der Waals surface area contributed by atoms with E-state index in [1.807, 2.05) is 36.4 Å². The number of alkyl halides is 3. The maximum absolute atomic E-state index is 12.8. The third-order valence-electron chi connectivity index (χ3n) is 3.30. The van der Waals surface area contributed by atoms with Gasteiger partial charge in [0.25, 0.3) is 0 Å². The lowest BCUT2D eigenvalue weighted by atomic mass is 10.1. The molecule has 0 unspecified atom stereocenters. The number of hydrogen-bond acceptors (Lipinski definition) is 3. The molecule has 0 aliphatic heterocycles. The summed E-state index contributed by atoms with van der Waals surface area (Å²) in [7, 11) is 0. The second-order valence-electron chi connectivity index (χ2n) is 4.81. The number of pyridine rings is 1. The van der Waals surface area contributed by atoms with Crippen LogP contribution in [0.25, 0.3) is 10.8 Å². The Balaban J connectivity index is 2.05. The summed E-state index contributed by atoms with van der Waals surface area (Å²) in [5, 5.41) is 4.81. The van der Waals surface area contributed by atoms with Crippen LogP contribution in [0.2, 0.25) is 0 Å². The normalized spacial score (nSPS) is 11.6. The van der Waals surface area contributed by atoms with Crippen molar-refractivity contribution >= 4 is 28.0 Å². The van der Waals surface area contributed by atoms with Gasteiger partial charge in [0.2, 0.25) is 0 Å². The van der Waals surface area contributed by atoms with Gasteiger partial charge in [-0.3, -0.25) is 0 Å². The summed E-state index contributed by atoms with van der Waals surface area (Å²) in [6.45, 7) is 0. The van der Waals surface area contributed by atoms with E-state index in [9.17, 15) is 13.2 Å². The van der Waals surface area contributed by atoms with Crippen molar-refractivity contribution in [3.63, 3.8) is 0 Å². The zero-order chi connectivity index (χ0) is 15.7. The van der Waals surface area contributed by atoms with Gasteiger partial charge in [-0.25, -0.2) is 4.98 Å². The van der Waals surface area contributed by atoms with Gasteiger partial charge in [0.15, 0.2) is 0 Å². The average molecular weight is 303 g/mol. The van der Waals surface area contributed by atoms with Gasteiger partial charge in [-0.2, -0.15) is 13.2 Å². The van der Waals surface area contributed by atoms with Crippen LogP contribution in [-0.2, 0) is 6.18 Å². The fraction of sp³-hybridized carbons (Fsp3) is 0.0625. The summed E-state index contributed by atoms with van der Waals surface area (Å²) in [4.78, 5) is 3.62. The quantitative estimate of drug-likeness (QED) is 0.728. The van der Waals surface area contributed by atoms with E-state index in [1.54, 1.807) is 6.07 Å². The molecule has 0 atom stereocenters. The molecule has 0 radical (unpaired) electrons. The Bertz CT molecular complexity index is 823. The molecule has 1 heterocycles. The van der Waals surface area contributed by atoms with Crippen molar-refractivity contribution in [3.8, 4) is 0 Å². The molecule has 3 nitrogen and oxygen atoms in total. The van der Waals surface area contributed by atoms with Crippen molar-refractivity contribution < 1.29 is 13.2 Å². The van der Waals surface area contributed by atoms with Crippen LogP contribution in [0.5, 0.6) is 0 Å². The van der Waals surface area contributed by atoms with Gasteiger partial charge in [0, 0.05) is 17.3 Å². The minimum atomic E-state index is -4.46. The maximum atomic E-state index is 12.8. The van der Waals surface area contributed by atoms with Crippen LogP contribution >= 0.6 is 0 Å². The second kappa shape index (κ2) is 5.22. The zero-order valence-electron chi connectivity index (χ0n) is 11.4. The Kier molecular flexibility index (Phi) is 3.36.